The maximum atomic E-state index is 2.56. The molecule has 0 bridgehead atoms. The van der Waals surface area contributed by atoms with Crippen LogP contribution in [0.1, 0.15) is 51.5 Å². The average Bonchev–Trinajstić information content (AvgIpc) is 2.91. The highest BCUT2D eigenvalue weighted by molar-refractivity contribution is 5.26. The molecule has 0 atom stereocenters. The maximum Gasteiger partial charge on any atom is -0.00105 e. The number of hydrogen-bond donors (Lipinski definition) is 0. The molecule has 0 spiro atoms. The summed E-state index contributed by atoms with van der Waals surface area (Å²) in [7, 11) is 0. The van der Waals surface area contributed by atoms with E-state index in [0.717, 1.165) is 0 Å². The summed E-state index contributed by atoms with van der Waals surface area (Å²) in [6.07, 6.45) is 6.93. The summed E-state index contributed by atoms with van der Waals surface area (Å²) < 4.78 is 0. The fourth-order valence-electron chi connectivity index (χ4n) is 3.44. The summed E-state index contributed by atoms with van der Waals surface area (Å²) in [5, 5.41) is 0. The van der Waals surface area contributed by atoms with Crippen molar-refractivity contribution in [2.75, 3.05) is 19.6 Å². The van der Waals surface area contributed by atoms with Crippen molar-refractivity contribution in [2.45, 2.75) is 51.4 Å². The molecule has 0 N–H and O–H groups in total. The van der Waals surface area contributed by atoms with E-state index < -0.39 is 0 Å². The minimum absolute atomic E-state index is 0.476. The van der Waals surface area contributed by atoms with Crippen molar-refractivity contribution in [1.29, 1.82) is 0 Å². The second-order valence-corrected chi connectivity index (χ2v) is 5.63. The molecule has 1 fully saturated rings. The van der Waals surface area contributed by atoms with Crippen LogP contribution in [0, 0.1) is 0 Å². The Hall–Kier alpha value is -0.820. The van der Waals surface area contributed by atoms with E-state index in [9.17, 15) is 0 Å². The van der Waals surface area contributed by atoms with Crippen molar-refractivity contribution < 1.29 is 0 Å². The molecule has 0 heterocycles. The minimum Gasteiger partial charge on any atom is -0.304 e. The van der Waals surface area contributed by atoms with Crippen molar-refractivity contribution >= 4 is 0 Å². The van der Waals surface area contributed by atoms with Gasteiger partial charge in [0.1, 0.15) is 0 Å². The molecule has 1 aliphatic rings. The normalized spacial score (nSPS) is 18.4. The van der Waals surface area contributed by atoms with Crippen molar-refractivity contribution in [3.05, 3.63) is 35.9 Å². The maximum absolute atomic E-state index is 2.56. The topological polar surface area (TPSA) is 3.24 Å². The van der Waals surface area contributed by atoms with Crippen LogP contribution in [0.5, 0.6) is 0 Å². The average molecular weight is 245 g/mol. The Morgan fingerprint density at radius 1 is 1.00 bits per heavy atom. The van der Waals surface area contributed by atoms with E-state index in [0.29, 0.717) is 5.41 Å². The van der Waals surface area contributed by atoms with E-state index in [1.807, 2.05) is 0 Å². The summed E-state index contributed by atoms with van der Waals surface area (Å²) in [5.41, 5.74) is 2.05. The summed E-state index contributed by atoms with van der Waals surface area (Å²) in [5.74, 6) is 0. The molecule has 1 aromatic carbocycles. The lowest BCUT2D eigenvalue weighted by Crippen LogP contribution is -2.31. The van der Waals surface area contributed by atoms with Crippen LogP contribution in [-0.2, 0) is 5.41 Å². The number of nitrogens with zero attached hydrogens (tertiary/aromatic N) is 1. The standard InChI is InChI=1S/C17H27N/c1-3-18(4-2)15-14-17(12-8-9-13-17)16-10-6-5-7-11-16/h5-7,10-11H,3-4,8-9,12-15H2,1-2H3. The van der Waals surface area contributed by atoms with Gasteiger partial charge in [-0.1, -0.05) is 57.0 Å². The largest absolute Gasteiger partial charge is 0.304 e. The predicted molar refractivity (Wildman–Crippen MR) is 79.0 cm³/mol. The Morgan fingerprint density at radius 2 is 1.61 bits per heavy atom. The molecule has 1 aliphatic carbocycles. The first-order valence-corrected chi connectivity index (χ1v) is 7.58. The molecule has 100 valence electrons. The molecule has 1 nitrogen and oxygen atoms in total. The van der Waals surface area contributed by atoms with Gasteiger partial charge in [-0.2, -0.15) is 0 Å². The Morgan fingerprint density at radius 3 is 2.17 bits per heavy atom. The monoisotopic (exact) mass is 245 g/mol. The molecular formula is C17H27N. The minimum atomic E-state index is 0.476. The summed E-state index contributed by atoms with van der Waals surface area (Å²) >= 11 is 0. The van der Waals surface area contributed by atoms with Crippen molar-refractivity contribution in [3.63, 3.8) is 0 Å². The fourth-order valence-corrected chi connectivity index (χ4v) is 3.44. The lowest BCUT2D eigenvalue weighted by atomic mass is 9.76. The zero-order valence-electron chi connectivity index (χ0n) is 12.0. The second-order valence-electron chi connectivity index (χ2n) is 5.63. The highest BCUT2D eigenvalue weighted by Crippen LogP contribution is 2.43. The van der Waals surface area contributed by atoms with Gasteiger partial charge in [0.25, 0.3) is 0 Å². The third kappa shape index (κ3) is 2.95. The van der Waals surface area contributed by atoms with Crippen LogP contribution in [0.2, 0.25) is 0 Å². The van der Waals surface area contributed by atoms with Crippen LogP contribution in [-0.4, -0.2) is 24.5 Å². The first-order valence-electron chi connectivity index (χ1n) is 7.58. The van der Waals surface area contributed by atoms with E-state index in [2.05, 4.69) is 49.1 Å². The lowest BCUT2D eigenvalue weighted by Gasteiger charge is -2.32. The van der Waals surface area contributed by atoms with Crippen LogP contribution in [0.15, 0.2) is 30.3 Å². The second kappa shape index (κ2) is 6.38. The lowest BCUT2D eigenvalue weighted by molar-refractivity contribution is 0.257. The molecule has 0 aliphatic heterocycles. The van der Waals surface area contributed by atoms with E-state index in [1.54, 1.807) is 5.56 Å². The molecule has 1 heteroatoms. The molecule has 18 heavy (non-hydrogen) atoms. The number of benzene rings is 1. The zero-order chi connectivity index (χ0) is 12.8. The smallest absolute Gasteiger partial charge is 0.00105 e. The molecule has 0 aromatic heterocycles. The zero-order valence-corrected chi connectivity index (χ0v) is 12.0. The summed E-state index contributed by atoms with van der Waals surface area (Å²) in [6, 6.07) is 11.2. The van der Waals surface area contributed by atoms with Gasteiger partial charge in [0, 0.05) is 0 Å². The van der Waals surface area contributed by atoms with E-state index in [-0.39, 0.29) is 0 Å². The highest BCUT2D eigenvalue weighted by Gasteiger charge is 2.35. The number of rotatable bonds is 6. The fraction of sp³-hybridized carbons (Fsp3) is 0.647. The van der Waals surface area contributed by atoms with E-state index in [1.165, 1.54) is 51.7 Å². The van der Waals surface area contributed by atoms with Crippen LogP contribution < -0.4 is 0 Å². The van der Waals surface area contributed by atoms with Gasteiger partial charge in [-0.25, -0.2) is 0 Å². The Labute approximate surface area is 112 Å². The Kier molecular flexibility index (Phi) is 4.82. The van der Waals surface area contributed by atoms with Gasteiger partial charge in [-0.3, -0.25) is 0 Å². The van der Waals surface area contributed by atoms with Gasteiger partial charge in [-0.05, 0) is 49.9 Å². The van der Waals surface area contributed by atoms with Gasteiger partial charge in [0.15, 0.2) is 0 Å². The predicted octanol–water partition coefficient (Wildman–Crippen LogP) is 4.23. The Bertz CT molecular complexity index is 334. The van der Waals surface area contributed by atoms with Crippen molar-refractivity contribution in [1.82, 2.24) is 4.90 Å². The first-order chi connectivity index (χ1) is 8.80. The van der Waals surface area contributed by atoms with E-state index >= 15 is 0 Å². The Balaban J connectivity index is 2.08. The van der Waals surface area contributed by atoms with Crippen molar-refractivity contribution in [2.24, 2.45) is 0 Å². The molecule has 1 aromatic rings. The molecule has 1 saturated carbocycles. The highest BCUT2D eigenvalue weighted by atomic mass is 15.1. The van der Waals surface area contributed by atoms with Crippen LogP contribution in [0.4, 0.5) is 0 Å². The van der Waals surface area contributed by atoms with Gasteiger partial charge >= 0.3 is 0 Å². The van der Waals surface area contributed by atoms with Crippen LogP contribution >= 0.6 is 0 Å². The third-order valence-corrected chi connectivity index (χ3v) is 4.75. The van der Waals surface area contributed by atoms with Crippen LogP contribution in [0.25, 0.3) is 0 Å². The number of hydrogen-bond acceptors (Lipinski definition) is 1. The van der Waals surface area contributed by atoms with Gasteiger partial charge < -0.3 is 4.90 Å². The van der Waals surface area contributed by atoms with Gasteiger partial charge in [-0.15, -0.1) is 0 Å². The van der Waals surface area contributed by atoms with Gasteiger partial charge in [0.05, 0.1) is 0 Å². The van der Waals surface area contributed by atoms with Crippen molar-refractivity contribution in [3.8, 4) is 0 Å². The molecule has 0 radical (unpaired) electrons. The summed E-state index contributed by atoms with van der Waals surface area (Å²) in [4.78, 5) is 2.56. The molecule has 0 unspecified atom stereocenters. The van der Waals surface area contributed by atoms with E-state index in [4.69, 9.17) is 0 Å². The molecule has 0 amide bonds. The third-order valence-electron chi connectivity index (χ3n) is 4.75. The first kappa shape index (κ1) is 13.6. The SMILES string of the molecule is CCN(CC)CCC1(c2ccccc2)CCCC1. The summed E-state index contributed by atoms with van der Waals surface area (Å²) in [6.45, 7) is 8.16. The molecular weight excluding hydrogens is 218 g/mol. The molecule has 2 rings (SSSR count). The van der Waals surface area contributed by atoms with Crippen LogP contribution in [0.3, 0.4) is 0 Å². The van der Waals surface area contributed by atoms with Gasteiger partial charge in [0.2, 0.25) is 0 Å². The molecule has 0 saturated heterocycles. The quantitative estimate of drug-likeness (QED) is 0.725.